The van der Waals surface area contributed by atoms with E-state index in [1.165, 1.54) is 6.42 Å². The van der Waals surface area contributed by atoms with Crippen LogP contribution in [0.4, 0.5) is 0 Å². The van der Waals surface area contributed by atoms with Crippen LogP contribution < -0.4 is 5.73 Å². The highest BCUT2D eigenvalue weighted by molar-refractivity contribution is 5.80. The minimum absolute atomic E-state index is 0.0398. The Kier molecular flexibility index (Phi) is 5.44. The molecule has 2 N–H and O–H groups in total. The third-order valence-electron chi connectivity index (χ3n) is 5.46. The largest absolute Gasteiger partial charge is 0.342 e. The summed E-state index contributed by atoms with van der Waals surface area (Å²) >= 11 is 0. The van der Waals surface area contributed by atoms with Crippen molar-refractivity contribution in [1.29, 1.82) is 0 Å². The van der Waals surface area contributed by atoms with E-state index in [1.54, 1.807) is 0 Å². The zero-order valence-electron chi connectivity index (χ0n) is 13.3. The van der Waals surface area contributed by atoms with Crippen LogP contribution in [0.15, 0.2) is 0 Å². The molecule has 2 aliphatic rings. The summed E-state index contributed by atoms with van der Waals surface area (Å²) in [6, 6.07) is 0.469. The van der Waals surface area contributed by atoms with Crippen LogP contribution >= 0.6 is 0 Å². The quantitative estimate of drug-likeness (QED) is 0.856. The first kappa shape index (κ1) is 15.8. The van der Waals surface area contributed by atoms with Crippen molar-refractivity contribution in [3.05, 3.63) is 0 Å². The van der Waals surface area contributed by atoms with Gasteiger partial charge in [-0.2, -0.15) is 0 Å². The lowest BCUT2D eigenvalue weighted by Gasteiger charge is -2.41. The highest BCUT2D eigenvalue weighted by Crippen LogP contribution is 2.31. The van der Waals surface area contributed by atoms with Gasteiger partial charge in [-0.3, -0.25) is 4.79 Å². The molecule has 0 bridgehead atoms. The number of amides is 1. The van der Waals surface area contributed by atoms with Crippen molar-refractivity contribution < 1.29 is 4.79 Å². The summed E-state index contributed by atoms with van der Waals surface area (Å²) in [6.07, 6.45) is 5.53. The highest BCUT2D eigenvalue weighted by atomic mass is 16.2. The normalized spacial score (nSPS) is 33.1. The predicted molar refractivity (Wildman–Crippen MR) is 82.4 cm³/mol. The van der Waals surface area contributed by atoms with E-state index in [1.807, 2.05) is 11.9 Å². The maximum absolute atomic E-state index is 12.8. The Labute approximate surface area is 123 Å². The molecule has 4 nitrogen and oxygen atoms in total. The molecular formula is C16H31N3O. The van der Waals surface area contributed by atoms with Crippen molar-refractivity contribution in [3.8, 4) is 0 Å². The lowest BCUT2D eigenvalue weighted by Crippen LogP contribution is -2.52. The summed E-state index contributed by atoms with van der Waals surface area (Å²) in [5, 5.41) is 0. The number of likely N-dealkylation sites (tertiary alicyclic amines) is 1. The topological polar surface area (TPSA) is 49.6 Å². The zero-order valence-corrected chi connectivity index (χ0v) is 13.3. The molecule has 1 saturated heterocycles. The fraction of sp³-hybridized carbons (Fsp3) is 0.938. The molecule has 2 fully saturated rings. The Hall–Kier alpha value is -0.610. The molecule has 1 aliphatic carbocycles. The Morgan fingerprint density at radius 2 is 1.90 bits per heavy atom. The minimum atomic E-state index is 0.0398. The van der Waals surface area contributed by atoms with E-state index < -0.39 is 0 Å². The predicted octanol–water partition coefficient (Wildman–Crippen LogP) is 1.69. The van der Waals surface area contributed by atoms with Crippen LogP contribution in [-0.2, 0) is 4.79 Å². The molecule has 116 valence electrons. The Bertz CT molecular complexity index is 316. The van der Waals surface area contributed by atoms with Gasteiger partial charge < -0.3 is 15.5 Å². The average Bonchev–Trinajstić information content (AvgIpc) is 2.46. The first-order chi connectivity index (χ1) is 9.54. The van der Waals surface area contributed by atoms with Crippen molar-refractivity contribution in [1.82, 2.24) is 9.80 Å². The summed E-state index contributed by atoms with van der Waals surface area (Å²) in [7, 11) is 1.99. The van der Waals surface area contributed by atoms with Crippen molar-refractivity contribution in [2.24, 2.45) is 17.6 Å². The van der Waals surface area contributed by atoms with Crippen molar-refractivity contribution in [2.75, 3.05) is 26.7 Å². The smallest absolute Gasteiger partial charge is 0.227 e. The SMILES string of the molecule is CCN1CCC(N(C)C(=O)C2C(C)CCCC2N)CC1. The fourth-order valence-corrected chi connectivity index (χ4v) is 3.92. The minimum Gasteiger partial charge on any atom is -0.342 e. The molecule has 1 heterocycles. The van der Waals surface area contributed by atoms with E-state index in [2.05, 4.69) is 18.7 Å². The van der Waals surface area contributed by atoms with E-state index in [-0.39, 0.29) is 12.0 Å². The molecule has 0 aromatic carbocycles. The van der Waals surface area contributed by atoms with E-state index in [9.17, 15) is 4.79 Å². The summed E-state index contributed by atoms with van der Waals surface area (Å²) in [5.41, 5.74) is 6.23. The highest BCUT2D eigenvalue weighted by Gasteiger charge is 2.37. The maximum Gasteiger partial charge on any atom is 0.227 e. The zero-order chi connectivity index (χ0) is 14.7. The molecule has 1 amide bonds. The first-order valence-corrected chi connectivity index (χ1v) is 8.29. The molecule has 0 spiro atoms. The van der Waals surface area contributed by atoms with Gasteiger partial charge in [0.15, 0.2) is 0 Å². The van der Waals surface area contributed by atoms with E-state index in [0.717, 1.165) is 45.3 Å². The molecular weight excluding hydrogens is 250 g/mol. The van der Waals surface area contributed by atoms with Crippen LogP contribution in [0.3, 0.4) is 0 Å². The summed E-state index contributed by atoms with van der Waals surface area (Å²) < 4.78 is 0. The third-order valence-corrected chi connectivity index (χ3v) is 5.46. The Morgan fingerprint density at radius 3 is 2.45 bits per heavy atom. The number of carbonyl (C=O) groups is 1. The van der Waals surface area contributed by atoms with Gasteiger partial charge in [0, 0.05) is 32.2 Å². The molecule has 0 radical (unpaired) electrons. The fourth-order valence-electron chi connectivity index (χ4n) is 3.92. The number of nitrogens with zero attached hydrogens (tertiary/aromatic N) is 2. The van der Waals surface area contributed by atoms with E-state index >= 15 is 0 Å². The molecule has 1 aliphatic heterocycles. The molecule has 3 unspecified atom stereocenters. The Balaban J connectivity index is 1.94. The summed E-state index contributed by atoms with van der Waals surface area (Å²) in [4.78, 5) is 17.3. The van der Waals surface area contributed by atoms with E-state index in [4.69, 9.17) is 5.73 Å². The Morgan fingerprint density at radius 1 is 1.25 bits per heavy atom. The second-order valence-corrected chi connectivity index (χ2v) is 6.71. The average molecular weight is 281 g/mol. The lowest BCUT2D eigenvalue weighted by atomic mass is 9.76. The van der Waals surface area contributed by atoms with Gasteiger partial charge in [-0.25, -0.2) is 0 Å². The van der Waals surface area contributed by atoms with Crippen LogP contribution in [0.1, 0.15) is 46.0 Å². The molecule has 0 aromatic heterocycles. The van der Waals surface area contributed by atoms with Crippen molar-refractivity contribution in [2.45, 2.75) is 58.0 Å². The monoisotopic (exact) mass is 281 g/mol. The van der Waals surface area contributed by atoms with Crippen LogP contribution in [0.25, 0.3) is 0 Å². The third kappa shape index (κ3) is 3.34. The van der Waals surface area contributed by atoms with Crippen LogP contribution in [0, 0.1) is 11.8 Å². The van der Waals surface area contributed by atoms with Gasteiger partial charge in [0.1, 0.15) is 0 Å². The van der Waals surface area contributed by atoms with E-state index in [0.29, 0.717) is 17.9 Å². The summed E-state index contributed by atoms with van der Waals surface area (Å²) in [5.74, 6) is 0.766. The number of nitrogens with two attached hydrogens (primary N) is 1. The first-order valence-electron chi connectivity index (χ1n) is 8.29. The van der Waals surface area contributed by atoms with Gasteiger partial charge in [0.25, 0.3) is 0 Å². The number of piperidine rings is 1. The summed E-state index contributed by atoms with van der Waals surface area (Å²) in [6.45, 7) is 7.75. The van der Waals surface area contributed by atoms with Crippen molar-refractivity contribution in [3.63, 3.8) is 0 Å². The number of carbonyl (C=O) groups excluding carboxylic acids is 1. The van der Waals surface area contributed by atoms with Gasteiger partial charge in [-0.05, 0) is 38.1 Å². The number of hydrogen-bond donors (Lipinski definition) is 1. The lowest BCUT2D eigenvalue weighted by molar-refractivity contribution is -0.140. The number of hydrogen-bond acceptors (Lipinski definition) is 3. The van der Waals surface area contributed by atoms with Crippen molar-refractivity contribution >= 4 is 5.91 Å². The van der Waals surface area contributed by atoms with Crippen LogP contribution in [0.5, 0.6) is 0 Å². The van der Waals surface area contributed by atoms with Crippen LogP contribution in [0.2, 0.25) is 0 Å². The van der Waals surface area contributed by atoms with Gasteiger partial charge in [-0.15, -0.1) is 0 Å². The second kappa shape index (κ2) is 6.90. The molecule has 0 aromatic rings. The molecule has 20 heavy (non-hydrogen) atoms. The van der Waals surface area contributed by atoms with Gasteiger partial charge in [0.05, 0.1) is 5.92 Å². The molecule has 1 saturated carbocycles. The number of rotatable bonds is 3. The second-order valence-electron chi connectivity index (χ2n) is 6.71. The molecule has 2 rings (SSSR count). The molecule has 4 heteroatoms. The molecule has 3 atom stereocenters. The standard InChI is InChI=1S/C16H31N3O/c1-4-19-10-8-13(9-11-19)18(3)16(20)15-12(2)6-5-7-14(15)17/h12-15H,4-11,17H2,1-3H3. The van der Waals surface area contributed by atoms with Crippen LogP contribution in [-0.4, -0.2) is 54.5 Å². The van der Waals surface area contributed by atoms with Gasteiger partial charge in [-0.1, -0.05) is 20.3 Å². The maximum atomic E-state index is 12.8. The van der Waals surface area contributed by atoms with Gasteiger partial charge >= 0.3 is 0 Å². The van der Waals surface area contributed by atoms with Gasteiger partial charge in [0.2, 0.25) is 5.91 Å².